The van der Waals surface area contributed by atoms with Crippen LogP contribution in [0.4, 0.5) is 5.95 Å². The fraction of sp³-hybridized carbons (Fsp3) is 0.500. The number of nitrogens with one attached hydrogen (secondary N) is 2. The van der Waals surface area contributed by atoms with E-state index >= 15 is 0 Å². The molecular weight excluding hydrogens is 318 g/mol. The van der Waals surface area contributed by atoms with Gasteiger partial charge in [0.15, 0.2) is 5.65 Å². The van der Waals surface area contributed by atoms with E-state index in [0.717, 1.165) is 19.1 Å². The highest BCUT2D eigenvalue weighted by Crippen LogP contribution is 2.19. The number of aldehydes is 1. The van der Waals surface area contributed by atoms with E-state index in [1.165, 1.54) is 0 Å². The Balaban J connectivity index is 0.000000381. The number of rotatable bonds is 4. The van der Waals surface area contributed by atoms with Crippen molar-refractivity contribution < 1.29 is 4.79 Å². The number of H-pyrrole nitrogens is 1. The van der Waals surface area contributed by atoms with Gasteiger partial charge in [-0.05, 0) is 32.1 Å². The van der Waals surface area contributed by atoms with Crippen LogP contribution in [0.3, 0.4) is 0 Å². The molecule has 0 amide bonds. The lowest BCUT2D eigenvalue weighted by molar-refractivity contribution is -0.108. The summed E-state index contributed by atoms with van der Waals surface area (Å²) in [6.45, 7) is 8.24. The first kappa shape index (κ1) is 20.3. The SMILES string of the molecule is CC(C)CCC=O.CNC#Cc1cn(C(C)C)c2nc(N)[nH]c(=O)c12. The van der Waals surface area contributed by atoms with Crippen LogP contribution in [0.25, 0.3) is 11.0 Å². The molecule has 0 spiro atoms. The molecule has 0 saturated carbocycles. The summed E-state index contributed by atoms with van der Waals surface area (Å²) in [6, 6.07) is 2.90. The summed E-state index contributed by atoms with van der Waals surface area (Å²) in [4.78, 5) is 28.3. The highest BCUT2D eigenvalue weighted by atomic mass is 16.1. The van der Waals surface area contributed by atoms with Crippen LogP contribution in [0.5, 0.6) is 0 Å². The molecule has 0 aliphatic rings. The summed E-state index contributed by atoms with van der Waals surface area (Å²) >= 11 is 0. The zero-order valence-corrected chi connectivity index (χ0v) is 15.5. The third-order valence-electron chi connectivity index (χ3n) is 3.44. The van der Waals surface area contributed by atoms with Gasteiger partial charge in [-0.25, -0.2) is 0 Å². The Morgan fingerprint density at radius 2 is 2.08 bits per heavy atom. The van der Waals surface area contributed by atoms with Crippen LogP contribution in [-0.2, 0) is 4.79 Å². The Hall–Kier alpha value is -2.75. The minimum atomic E-state index is -0.266. The number of nitrogen functional groups attached to an aromatic ring is 1. The minimum Gasteiger partial charge on any atom is -0.369 e. The summed E-state index contributed by atoms with van der Waals surface area (Å²) in [6.07, 6.45) is 4.54. The third-order valence-corrected chi connectivity index (χ3v) is 3.44. The molecule has 0 aliphatic heterocycles. The van der Waals surface area contributed by atoms with Crippen molar-refractivity contribution in [3.05, 3.63) is 22.1 Å². The molecule has 7 nitrogen and oxygen atoms in total. The molecule has 2 aromatic rings. The molecule has 0 radical (unpaired) electrons. The Bertz CT molecular complexity index is 822. The molecule has 0 fully saturated rings. The predicted molar refractivity (Wildman–Crippen MR) is 101 cm³/mol. The smallest absolute Gasteiger partial charge is 0.263 e. The molecule has 136 valence electrons. The Labute approximate surface area is 148 Å². The number of hydrogen-bond donors (Lipinski definition) is 3. The number of hydrogen-bond acceptors (Lipinski definition) is 5. The minimum absolute atomic E-state index is 0.112. The third kappa shape index (κ3) is 5.68. The average Bonchev–Trinajstić information content (AvgIpc) is 2.90. The van der Waals surface area contributed by atoms with Crippen molar-refractivity contribution >= 4 is 23.3 Å². The zero-order valence-electron chi connectivity index (χ0n) is 15.5. The van der Waals surface area contributed by atoms with Crippen LogP contribution in [-0.4, -0.2) is 27.9 Å². The number of carbonyl (C=O) groups excluding carboxylic acids is 1. The zero-order chi connectivity index (χ0) is 19.0. The topological polar surface area (TPSA) is 106 Å². The molecule has 7 heteroatoms. The van der Waals surface area contributed by atoms with Crippen molar-refractivity contribution in [3.63, 3.8) is 0 Å². The Kier molecular flexibility index (Phi) is 7.73. The number of fused-ring (bicyclic) bond motifs is 1. The molecule has 0 atom stereocenters. The molecule has 0 unspecified atom stereocenters. The fourth-order valence-electron chi connectivity index (χ4n) is 2.19. The van der Waals surface area contributed by atoms with E-state index in [1.807, 2.05) is 24.6 Å². The lowest BCUT2D eigenvalue weighted by Crippen LogP contribution is -2.12. The lowest BCUT2D eigenvalue weighted by atomic mass is 10.1. The van der Waals surface area contributed by atoms with Crippen LogP contribution in [0.1, 0.15) is 52.1 Å². The number of anilines is 1. The number of aromatic nitrogens is 3. The van der Waals surface area contributed by atoms with Gasteiger partial charge in [0.1, 0.15) is 6.29 Å². The quantitative estimate of drug-likeness (QED) is 0.447. The van der Waals surface area contributed by atoms with Gasteiger partial charge < -0.3 is 20.4 Å². The predicted octanol–water partition coefficient (Wildman–Crippen LogP) is 2.04. The summed E-state index contributed by atoms with van der Waals surface area (Å²) in [5.74, 6) is 3.67. The summed E-state index contributed by atoms with van der Waals surface area (Å²) in [5, 5.41) is 3.20. The summed E-state index contributed by atoms with van der Waals surface area (Å²) in [5.41, 5.74) is 6.51. The normalized spacial score (nSPS) is 10.2. The molecule has 2 aromatic heterocycles. The second-order valence-corrected chi connectivity index (χ2v) is 6.33. The summed E-state index contributed by atoms with van der Waals surface area (Å²) in [7, 11) is 1.72. The molecule has 2 rings (SSSR count). The number of aromatic amines is 1. The van der Waals surface area contributed by atoms with E-state index in [9.17, 15) is 9.59 Å². The van der Waals surface area contributed by atoms with E-state index in [-0.39, 0.29) is 17.5 Å². The first-order valence-electron chi connectivity index (χ1n) is 8.33. The van der Waals surface area contributed by atoms with Gasteiger partial charge in [-0.15, -0.1) is 0 Å². The van der Waals surface area contributed by atoms with Gasteiger partial charge in [0.05, 0.1) is 10.9 Å². The van der Waals surface area contributed by atoms with Crippen molar-refractivity contribution in [3.8, 4) is 12.0 Å². The van der Waals surface area contributed by atoms with Gasteiger partial charge in [-0.3, -0.25) is 9.78 Å². The van der Waals surface area contributed by atoms with Crippen LogP contribution >= 0.6 is 0 Å². The maximum absolute atomic E-state index is 11.9. The maximum Gasteiger partial charge on any atom is 0.263 e. The largest absolute Gasteiger partial charge is 0.369 e. The van der Waals surface area contributed by atoms with Crippen molar-refractivity contribution in [2.75, 3.05) is 12.8 Å². The van der Waals surface area contributed by atoms with Gasteiger partial charge in [-0.2, -0.15) is 4.98 Å². The van der Waals surface area contributed by atoms with Crippen LogP contribution in [0.2, 0.25) is 0 Å². The first-order valence-corrected chi connectivity index (χ1v) is 8.33. The number of carbonyl (C=O) groups is 1. The van der Waals surface area contributed by atoms with Gasteiger partial charge in [-0.1, -0.05) is 13.8 Å². The van der Waals surface area contributed by atoms with E-state index in [1.54, 1.807) is 7.05 Å². The highest BCUT2D eigenvalue weighted by Gasteiger charge is 2.14. The second-order valence-electron chi connectivity index (χ2n) is 6.33. The highest BCUT2D eigenvalue weighted by molar-refractivity contribution is 5.83. The van der Waals surface area contributed by atoms with Crippen LogP contribution in [0.15, 0.2) is 11.0 Å². The molecule has 4 N–H and O–H groups in total. The molecule has 0 saturated heterocycles. The van der Waals surface area contributed by atoms with Crippen molar-refractivity contribution in [1.29, 1.82) is 0 Å². The first-order chi connectivity index (χ1) is 11.8. The van der Waals surface area contributed by atoms with Gasteiger partial charge in [0.2, 0.25) is 5.95 Å². The monoisotopic (exact) mass is 345 g/mol. The van der Waals surface area contributed by atoms with Crippen molar-refractivity contribution in [2.45, 2.75) is 46.6 Å². The van der Waals surface area contributed by atoms with E-state index in [4.69, 9.17) is 5.73 Å². The van der Waals surface area contributed by atoms with Gasteiger partial charge in [0.25, 0.3) is 5.56 Å². The standard InChI is InChI=1S/C12H15N5O.C6H12O/c1-7(2)17-6-8(4-5-14-3)9-10(17)15-12(13)16-11(9)18;1-6(2)4-3-5-7/h6-7,14H,1-3H3,(H3,13,15,16,18);5-6H,3-4H2,1-2H3. The molecule has 0 aliphatic carbocycles. The molecule has 0 bridgehead atoms. The van der Waals surface area contributed by atoms with Crippen molar-refractivity contribution in [1.82, 2.24) is 19.9 Å². The maximum atomic E-state index is 11.9. The molecule has 2 heterocycles. The molecule has 0 aromatic carbocycles. The van der Waals surface area contributed by atoms with Crippen molar-refractivity contribution in [2.24, 2.45) is 5.92 Å². The van der Waals surface area contributed by atoms with Gasteiger partial charge in [0, 0.05) is 31.8 Å². The molecular formula is C18H27N5O2. The Morgan fingerprint density at radius 3 is 2.56 bits per heavy atom. The fourth-order valence-corrected chi connectivity index (χ4v) is 2.19. The van der Waals surface area contributed by atoms with E-state index in [2.05, 4.69) is 41.1 Å². The second kappa shape index (κ2) is 9.52. The van der Waals surface area contributed by atoms with E-state index in [0.29, 0.717) is 22.5 Å². The lowest BCUT2D eigenvalue weighted by Gasteiger charge is -2.07. The number of nitrogens with two attached hydrogens (primary N) is 1. The number of nitrogens with zero attached hydrogens (tertiary/aromatic N) is 2. The van der Waals surface area contributed by atoms with Crippen LogP contribution in [0, 0.1) is 17.9 Å². The average molecular weight is 345 g/mol. The molecule has 25 heavy (non-hydrogen) atoms. The Morgan fingerprint density at radius 1 is 1.40 bits per heavy atom. The van der Waals surface area contributed by atoms with E-state index < -0.39 is 0 Å². The van der Waals surface area contributed by atoms with Gasteiger partial charge >= 0.3 is 0 Å². The summed E-state index contributed by atoms with van der Waals surface area (Å²) < 4.78 is 1.89. The van der Waals surface area contributed by atoms with Crippen LogP contribution < -0.4 is 16.6 Å².